The van der Waals surface area contributed by atoms with E-state index in [0.29, 0.717) is 24.1 Å². The Morgan fingerprint density at radius 1 is 1.12 bits per heavy atom. The number of hydrogen-bond donors (Lipinski definition) is 1. The Morgan fingerprint density at radius 2 is 1.84 bits per heavy atom. The van der Waals surface area contributed by atoms with Gasteiger partial charge < -0.3 is 24.4 Å². The molecule has 1 aliphatic heterocycles. The van der Waals surface area contributed by atoms with Crippen molar-refractivity contribution >= 4 is 11.8 Å². The third-order valence-electron chi connectivity index (χ3n) is 4.13. The summed E-state index contributed by atoms with van der Waals surface area (Å²) in [6.45, 7) is 7.11. The predicted molar refractivity (Wildman–Crippen MR) is 98.6 cm³/mol. The van der Waals surface area contributed by atoms with E-state index in [2.05, 4.69) is 5.32 Å². The van der Waals surface area contributed by atoms with Crippen LogP contribution in [-0.2, 0) is 4.74 Å². The first-order valence-electron chi connectivity index (χ1n) is 8.79. The Balaban J connectivity index is 1.94. The maximum atomic E-state index is 12.2. The molecule has 1 aliphatic rings. The van der Waals surface area contributed by atoms with Crippen molar-refractivity contribution in [3.05, 3.63) is 18.2 Å². The number of methoxy groups -OCH3 is 2. The largest absolute Gasteiger partial charge is 0.493 e. The fourth-order valence-corrected chi connectivity index (χ4v) is 2.91. The van der Waals surface area contributed by atoms with E-state index in [0.717, 1.165) is 31.5 Å². The minimum absolute atomic E-state index is 0.223. The molecule has 1 fully saturated rings. The van der Waals surface area contributed by atoms with Gasteiger partial charge in [0.2, 0.25) is 0 Å². The molecule has 0 radical (unpaired) electrons. The molecule has 1 N–H and O–H groups in total. The molecule has 1 amide bonds. The van der Waals surface area contributed by atoms with E-state index < -0.39 is 5.60 Å². The molecular weight excluding hydrogens is 320 g/mol. The molecule has 0 aromatic heterocycles. The van der Waals surface area contributed by atoms with Gasteiger partial charge in [-0.1, -0.05) is 0 Å². The molecule has 0 spiro atoms. The van der Waals surface area contributed by atoms with Crippen LogP contribution < -0.4 is 14.8 Å². The molecule has 0 aliphatic carbocycles. The number of amides is 1. The average Bonchev–Trinajstić information content (AvgIpc) is 2.79. The second kappa shape index (κ2) is 8.32. The van der Waals surface area contributed by atoms with Crippen molar-refractivity contribution in [1.29, 1.82) is 0 Å². The van der Waals surface area contributed by atoms with Crippen molar-refractivity contribution in [3.8, 4) is 11.5 Å². The summed E-state index contributed by atoms with van der Waals surface area (Å²) in [5, 5.41) is 3.54. The number of anilines is 1. The van der Waals surface area contributed by atoms with Crippen molar-refractivity contribution in [2.75, 3.05) is 32.6 Å². The Kier molecular flexibility index (Phi) is 6.39. The van der Waals surface area contributed by atoms with Crippen LogP contribution in [0.2, 0.25) is 0 Å². The number of hydrogen-bond acceptors (Lipinski definition) is 5. The average molecular weight is 350 g/mol. The zero-order chi connectivity index (χ0) is 18.4. The van der Waals surface area contributed by atoms with E-state index >= 15 is 0 Å². The van der Waals surface area contributed by atoms with Gasteiger partial charge in [0.15, 0.2) is 11.5 Å². The first kappa shape index (κ1) is 19.2. The lowest BCUT2D eigenvalue weighted by Gasteiger charge is -2.26. The number of benzene rings is 1. The Labute approximate surface area is 150 Å². The van der Waals surface area contributed by atoms with Crippen LogP contribution in [0.5, 0.6) is 11.5 Å². The van der Waals surface area contributed by atoms with E-state index in [4.69, 9.17) is 14.2 Å². The minimum atomic E-state index is -0.458. The number of carbonyl (C=O) groups is 1. The van der Waals surface area contributed by atoms with Gasteiger partial charge in [0.1, 0.15) is 5.60 Å². The molecule has 25 heavy (non-hydrogen) atoms. The number of likely N-dealkylation sites (tertiary alicyclic amines) is 1. The summed E-state index contributed by atoms with van der Waals surface area (Å²) < 4.78 is 16.1. The Hall–Kier alpha value is -2.11. The Bertz CT molecular complexity index is 583. The van der Waals surface area contributed by atoms with Gasteiger partial charge in [0.05, 0.1) is 14.2 Å². The van der Waals surface area contributed by atoms with Crippen LogP contribution in [0, 0.1) is 0 Å². The van der Waals surface area contributed by atoms with Crippen LogP contribution >= 0.6 is 0 Å². The number of carbonyl (C=O) groups excluding carboxylic acids is 1. The van der Waals surface area contributed by atoms with E-state index in [1.165, 1.54) is 0 Å². The van der Waals surface area contributed by atoms with Crippen molar-refractivity contribution in [2.24, 2.45) is 0 Å². The van der Waals surface area contributed by atoms with Crippen molar-refractivity contribution < 1.29 is 19.0 Å². The molecule has 1 aromatic rings. The fourth-order valence-electron chi connectivity index (χ4n) is 2.91. The third kappa shape index (κ3) is 5.73. The number of nitrogens with zero attached hydrogens (tertiary/aromatic N) is 1. The summed E-state index contributed by atoms with van der Waals surface area (Å²) in [6.07, 6.45) is 2.62. The maximum Gasteiger partial charge on any atom is 0.410 e. The maximum absolute atomic E-state index is 12.2. The summed E-state index contributed by atoms with van der Waals surface area (Å²) in [6, 6.07) is 6.13. The highest BCUT2D eigenvalue weighted by atomic mass is 16.6. The van der Waals surface area contributed by atoms with E-state index in [1.807, 2.05) is 43.9 Å². The monoisotopic (exact) mass is 350 g/mol. The highest BCUT2D eigenvalue weighted by Gasteiger charge is 2.25. The normalized spacial score (nSPS) is 18.3. The third-order valence-corrected chi connectivity index (χ3v) is 4.13. The fraction of sp³-hybridized carbons (Fsp3) is 0.632. The van der Waals surface area contributed by atoms with Crippen LogP contribution in [0.3, 0.4) is 0 Å². The van der Waals surface area contributed by atoms with Crippen molar-refractivity contribution in [1.82, 2.24) is 4.90 Å². The number of nitrogens with one attached hydrogen (secondary N) is 1. The van der Waals surface area contributed by atoms with Gasteiger partial charge in [-0.05, 0) is 52.2 Å². The van der Waals surface area contributed by atoms with Crippen LogP contribution in [0.25, 0.3) is 0 Å². The second-order valence-corrected chi connectivity index (χ2v) is 7.31. The van der Waals surface area contributed by atoms with Gasteiger partial charge in [0.25, 0.3) is 0 Å². The Morgan fingerprint density at radius 3 is 2.48 bits per heavy atom. The quantitative estimate of drug-likeness (QED) is 0.892. The zero-order valence-corrected chi connectivity index (χ0v) is 15.9. The van der Waals surface area contributed by atoms with Gasteiger partial charge in [-0.3, -0.25) is 0 Å². The van der Waals surface area contributed by atoms with Crippen molar-refractivity contribution in [2.45, 2.75) is 51.7 Å². The highest BCUT2D eigenvalue weighted by Crippen LogP contribution is 2.30. The SMILES string of the molecule is COc1ccc(NC2CCCN(C(=O)OC(C)(C)C)CC2)cc1OC. The second-order valence-electron chi connectivity index (χ2n) is 7.31. The summed E-state index contributed by atoms with van der Waals surface area (Å²) in [7, 11) is 3.26. The number of ether oxygens (including phenoxy) is 3. The lowest BCUT2D eigenvalue weighted by Crippen LogP contribution is -2.37. The molecule has 1 heterocycles. The van der Waals surface area contributed by atoms with E-state index in [1.54, 1.807) is 14.2 Å². The lowest BCUT2D eigenvalue weighted by atomic mass is 10.1. The van der Waals surface area contributed by atoms with Gasteiger partial charge in [0, 0.05) is 30.9 Å². The first-order valence-corrected chi connectivity index (χ1v) is 8.79. The molecular formula is C19H30N2O4. The molecule has 1 saturated heterocycles. The molecule has 1 aromatic carbocycles. The van der Waals surface area contributed by atoms with Crippen LogP contribution in [-0.4, -0.2) is 49.9 Å². The van der Waals surface area contributed by atoms with Crippen molar-refractivity contribution in [3.63, 3.8) is 0 Å². The predicted octanol–water partition coefficient (Wildman–Crippen LogP) is 3.91. The standard InChI is InChI=1S/C19H30N2O4/c1-19(2,3)25-18(22)21-11-6-7-14(10-12-21)20-15-8-9-16(23-4)17(13-15)24-5/h8-9,13-14,20H,6-7,10-12H2,1-5H3. The van der Waals surface area contributed by atoms with E-state index in [-0.39, 0.29) is 6.09 Å². The zero-order valence-electron chi connectivity index (χ0n) is 15.9. The summed E-state index contributed by atoms with van der Waals surface area (Å²) in [5.41, 5.74) is 0.536. The lowest BCUT2D eigenvalue weighted by molar-refractivity contribution is 0.0256. The van der Waals surface area contributed by atoms with Gasteiger partial charge >= 0.3 is 6.09 Å². The molecule has 6 nitrogen and oxygen atoms in total. The topological polar surface area (TPSA) is 60.0 Å². The van der Waals surface area contributed by atoms with E-state index in [9.17, 15) is 4.79 Å². The molecule has 0 bridgehead atoms. The first-order chi connectivity index (χ1) is 11.8. The van der Waals surface area contributed by atoms with Gasteiger partial charge in [-0.25, -0.2) is 4.79 Å². The van der Waals surface area contributed by atoms with Crippen LogP contribution in [0.1, 0.15) is 40.0 Å². The molecule has 0 saturated carbocycles. The molecule has 1 unspecified atom stereocenters. The highest BCUT2D eigenvalue weighted by molar-refractivity contribution is 5.68. The van der Waals surface area contributed by atoms with Gasteiger partial charge in [-0.2, -0.15) is 0 Å². The summed E-state index contributed by atoms with van der Waals surface area (Å²) in [5.74, 6) is 1.42. The molecule has 6 heteroatoms. The molecule has 2 rings (SSSR count). The van der Waals surface area contributed by atoms with Crippen LogP contribution in [0.4, 0.5) is 10.5 Å². The minimum Gasteiger partial charge on any atom is -0.493 e. The molecule has 140 valence electrons. The molecule has 1 atom stereocenters. The smallest absolute Gasteiger partial charge is 0.410 e. The van der Waals surface area contributed by atoms with Crippen LogP contribution in [0.15, 0.2) is 18.2 Å². The van der Waals surface area contributed by atoms with Gasteiger partial charge in [-0.15, -0.1) is 0 Å². The summed E-state index contributed by atoms with van der Waals surface area (Å²) in [4.78, 5) is 14.0. The summed E-state index contributed by atoms with van der Waals surface area (Å²) >= 11 is 0. The number of rotatable bonds is 4.